The molecule has 0 aliphatic rings. The van der Waals surface area contributed by atoms with Crippen molar-refractivity contribution in [2.75, 3.05) is 5.32 Å². The molecule has 0 spiro atoms. The maximum absolute atomic E-state index is 12.9. The second kappa shape index (κ2) is 9.29. The van der Waals surface area contributed by atoms with Crippen molar-refractivity contribution in [3.63, 3.8) is 0 Å². The predicted octanol–water partition coefficient (Wildman–Crippen LogP) is 8.06. The van der Waals surface area contributed by atoms with Gasteiger partial charge in [0.2, 0.25) is 0 Å². The summed E-state index contributed by atoms with van der Waals surface area (Å²) >= 11 is 0. The summed E-state index contributed by atoms with van der Waals surface area (Å²) in [7, 11) is 0. The molecule has 0 bridgehead atoms. The van der Waals surface area contributed by atoms with Crippen molar-refractivity contribution in [3.8, 4) is 0 Å². The van der Waals surface area contributed by atoms with Gasteiger partial charge in [-0.25, -0.2) is 0 Å². The summed E-state index contributed by atoms with van der Waals surface area (Å²) in [5.74, 6) is 0.683. The number of allylic oxidation sites excluding steroid dienone is 2. The fourth-order valence-corrected chi connectivity index (χ4v) is 3.20. The molecule has 0 fully saturated rings. The van der Waals surface area contributed by atoms with E-state index in [1.54, 1.807) is 6.07 Å². The largest absolute Gasteiger partial charge is 0.416 e. The molecule has 0 saturated heterocycles. The van der Waals surface area contributed by atoms with Gasteiger partial charge in [0, 0.05) is 17.1 Å². The number of nitrogens with one attached hydrogen (secondary N) is 1. The van der Waals surface area contributed by atoms with E-state index in [-0.39, 0.29) is 0 Å². The van der Waals surface area contributed by atoms with Gasteiger partial charge in [-0.05, 0) is 61.1 Å². The molecule has 0 aliphatic carbocycles. The van der Waals surface area contributed by atoms with Crippen LogP contribution in [0, 0.1) is 0 Å². The summed E-state index contributed by atoms with van der Waals surface area (Å²) in [6.07, 6.45) is -2.51. The van der Waals surface area contributed by atoms with E-state index in [0.717, 1.165) is 29.2 Å². The van der Waals surface area contributed by atoms with Crippen LogP contribution in [0.5, 0.6) is 0 Å². The summed E-state index contributed by atoms with van der Waals surface area (Å²) < 4.78 is 38.7. The first kappa shape index (κ1) is 22.7. The molecule has 2 rings (SSSR count). The zero-order valence-electron chi connectivity index (χ0n) is 17.9. The second-order valence-corrected chi connectivity index (χ2v) is 7.88. The molecule has 29 heavy (non-hydrogen) atoms. The molecular weight excluding hydrogens is 373 g/mol. The number of anilines is 1. The highest BCUT2D eigenvalue weighted by Gasteiger charge is 2.30. The van der Waals surface area contributed by atoms with E-state index >= 15 is 0 Å². The Labute approximate surface area is 171 Å². The Kier molecular flexibility index (Phi) is 7.28. The molecule has 2 aromatic carbocycles. The number of hydrogen-bond acceptors (Lipinski definition) is 2. The van der Waals surface area contributed by atoms with Crippen LogP contribution in [0.25, 0.3) is 0 Å². The number of para-hydroxylation sites is 1. The summed E-state index contributed by atoms with van der Waals surface area (Å²) in [5.41, 5.74) is 4.59. The van der Waals surface area contributed by atoms with Crippen molar-refractivity contribution in [1.82, 2.24) is 0 Å². The van der Waals surface area contributed by atoms with Crippen molar-refractivity contribution in [1.29, 1.82) is 0 Å². The SMILES string of the molecule is CC(/C=C(/C)Nc1cccc(C(F)(F)F)c1)=Nc1c(C(C)C)cccc1C(C)C. The molecule has 1 N–H and O–H groups in total. The Balaban J connectivity index is 2.33. The first-order valence-corrected chi connectivity index (χ1v) is 9.79. The second-order valence-electron chi connectivity index (χ2n) is 7.88. The van der Waals surface area contributed by atoms with Crippen LogP contribution < -0.4 is 5.32 Å². The Bertz CT molecular complexity index is 880. The third-order valence-electron chi connectivity index (χ3n) is 4.59. The third-order valence-corrected chi connectivity index (χ3v) is 4.59. The van der Waals surface area contributed by atoms with Crippen molar-refractivity contribution in [2.45, 2.75) is 59.6 Å². The molecule has 156 valence electrons. The third kappa shape index (κ3) is 6.21. The number of nitrogens with zero attached hydrogens (tertiary/aromatic N) is 1. The molecule has 0 amide bonds. The topological polar surface area (TPSA) is 24.4 Å². The zero-order chi connectivity index (χ0) is 21.8. The maximum atomic E-state index is 12.9. The van der Waals surface area contributed by atoms with Crippen LogP contribution in [0.3, 0.4) is 0 Å². The van der Waals surface area contributed by atoms with Gasteiger partial charge in [-0.3, -0.25) is 4.99 Å². The van der Waals surface area contributed by atoms with Gasteiger partial charge in [0.05, 0.1) is 11.3 Å². The number of halogens is 3. The van der Waals surface area contributed by atoms with Gasteiger partial charge in [-0.1, -0.05) is 52.0 Å². The fraction of sp³-hybridized carbons (Fsp3) is 0.375. The number of aliphatic imine (C=N–C) groups is 1. The van der Waals surface area contributed by atoms with Crippen LogP contribution in [0.1, 0.15) is 70.1 Å². The van der Waals surface area contributed by atoms with E-state index in [4.69, 9.17) is 4.99 Å². The molecule has 0 unspecified atom stereocenters. The fourth-order valence-electron chi connectivity index (χ4n) is 3.20. The van der Waals surface area contributed by atoms with Crippen molar-refractivity contribution in [2.24, 2.45) is 4.99 Å². The summed E-state index contributed by atoms with van der Waals surface area (Å²) in [6, 6.07) is 11.4. The van der Waals surface area contributed by atoms with Gasteiger partial charge < -0.3 is 5.32 Å². The lowest BCUT2D eigenvalue weighted by atomic mass is 9.93. The molecule has 0 aromatic heterocycles. The van der Waals surface area contributed by atoms with Crippen molar-refractivity contribution < 1.29 is 13.2 Å². The van der Waals surface area contributed by atoms with Gasteiger partial charge in [0.15, 0.2) is 0 Å². The Morgan fingerprint density at radius 1 is 0.931 bits per heavy atom. The number of benzene rings is 2. The van der Waals surface area contributed by atoms with E-state index in [9.17, 15) is 13.2 Å². The van der Waals surface area contributed by atoms with Crippen LogP contribution in [0.4, 0.5) is 24.5 Å². The number of alkyl halides is 3. The van der Waals surface area contributed by atoms with E-state index in [1.807, 2.05) is 19.9 Å². The Morgan fingerprint density at radius 3 is 2.00 bits per heavy atom. The summed E-state index contributed by atoms with van der Waals surface area (Å²) in [5, 5.41) is 3.03. The molecule has 2 nitrogen and oxygen atoms in total. The standard InChI is InChI=1S/C24H29F3N2/c1-15(2)21-11-8-12-22(16(3)4)23(21)29-18(6)13-17(5)28-20-10-7-9-19(14-20)24(25,26)27/h7-16,28H,1-6H3/b17-13-,29-18?. The Morgan fingerprint density at radius 2 is 1.48 bits per heavy atom. The predicted molar refractivity (Wildman–Crippen MR) is 116 cm³/mol. The van der Waals surface area contributed by atoms with Crippen LogP contribution in [0.15, 0.2) is 59.2 Å². The van der Waals surface area contributed by atoms with Gasteiger partial charge in [0.25, 0.3) is 0 Å². The minimum atomic E-state index is -4.36. The molecule has 0 radical (unpaired) electrons. The average molecular weight is 403 g/mol. The quantitative estimate of drug-likeness (QED) is 0.486. The van der Waals surface area contributed by atoms with Crippen LogP contribution in [0.2, 0.25) is 0 Å². The lowest BCUT2D eigenvalue weighted by molar-refractivity contribution is -0.137. The number of hydrogen-bond donors (Lipinski definition) is 1. The van der Waals surface area contributed by atoms with Gasteiger partial charge in [-0.2, -0.15) is 13.2 Å². The van der Waals surface area contributed by atoms with E-state index in [0.29, 0.717) is 17.5 Å². The monoisotopic (exact) mass is 402 g/mol. The zero-order valence-corrected chi connectivity index (χ0v) is 17.9. The molecule has 0 atom stereocenters. The first-order chi connectivity index (χ1) is 13.5. The van der Waals surface area contributed by atoms with Crippen LogP contribution >= 0.6 is 0 Å². The number of rotatable bonds is 6. The molecule has 2 aromatic rings. The van der Waals surface area contributed by atoms with Gasteiger partial charge in [-0.15, -0.1) is 0 Å². The minimum absolute atomic E-state index is 0.341. The molecule has 0 heterocycles. The first-order valence-electron chi connectivity index (χ1n) is 9.79. The average Bonchev–Trinajstić information content (AvgIpc) is 2.60. The van der Waals surface area contributed by atoms with Crippen molar-refractivity contribution in [3.05, 3.63) is 70.9 Å². The highest BCUT2D eigenvalue weighted by Crippen LogP contribution is 2.35. The highest BCUT2D eigenvalue weighted by atomic mass is 19.4. The Hall–Kier alpha value is -2.56. The lowest BCUT2D eigenvalue weighted by Gasteiger charge is -2.17. The summed E-state index contributed by atoms with van der Waals surface area (Å²) in [4.78, 5) is 4.86. The van der Waals surface area contributed by atoms with E-state index < -0.39 is 11.7 Å². The van der Waals surface area contributed by atoms with Gasteiger partial charge >= 0.3 is 6.18 Å². The highest BCUT2D eigenvalue weighted by molar-refractivity contribution is 5.96. The van der Waals surface area contributed by atoms with Crippen LogP contribution in [-0.4, -0.2) is 5.71 Å². The van der Waals surface area contributed by atoms with Gasteiger partial charge in [0.1, 0.15) is 0 Å². The molecule has 5 heteroatoms. The molecule has 0 aliphatic heterocycles. The lowest BCUT2D eigenvalue weighted by Crippen LogP contribution is -2.06. The maximum Gasteiger partial charge on any atom is 0.416 e. The minimum Gasteiger partial charge on any atom is -0.359 e. The molecule has 0 saturated carbocycles. The normalized spacial score (nSPS) is 13.3. The summed E-state index contributed by atoms with van der Waals surface area (Å²) in [6.45, 7) is 12.3. The smallest absolute Gasteiger partial charge is 0.359 e. The van der Waals surface area contributed by atoms with Crippen molar-refractivity contribution >= 4 is 17.1 Å². The van der Waals surface area contributed by atoms with E-state index in [1.165, 1.54) is 17.2 Å². The van der Waals surface area contributed by atoms with E-state index in [2.05, 4.69) is 51.2 Å². The van der Waals surface area contributed by atoms with Crippen LogP contribution in [-0.2, 0) is 6.18 Å². The molecular formula is C24H29F3N2.